The second-order valence-corrected chi connectivity index (χ2v) is 5.35. The minimum Gasteiger partial charge on any atom is -0.373 e. The van der Waals surface area contributed by atoms with Crippen molar-refractivity contribution in [3.8, 4) is 0 Å². The maximum atomic E-state index is 10.8. The lowest BCUT2D eigenvalue weighted by molar-refractivity contribution is -0.135. The van der Waals surface area contributed by atoms with E-state index in [2.05, 4.69) is 17.6 Å². The molecule has 4 nitrogen and oxygen atoms in total. The third kappa shape index (κ3) is 4.94. The zero-order valence-electron chi connectivity index (χ0n) is 12.0. The molecule has 1 aliphatic carbocycles. The van der Waals surface area contributed by atoms with Gasteiger partial charge >= 0.3 is 0 Å². The van der Waals surface area contributed by atoms with Gasteiger partial charge in [-0.15, -0.1) is 0 Å². The molecule has 110 valence electrons. The van der Waals surface area contributed by atoms with Crippen LogP contribution in [0.5, 0.6) is 0 Å². The molecule has 1 amide bonds. The summed E-state index contributed by atoms with van der Waals surface area (Å²) in [6.07, 6.45) is 4.80. The van der Waals surface area contributed by atoms with Crippen molar-refractivity contribution in [3.63, 3.8) is 0 Å². The Kier molecular flexibility index (Phi) is 6.02. The Bertz CT molecular complexity index is 407. The molecule has 0 spiro atoms. The lowest BCUT2D eigenvalue weighted by atomic mass is 9.87. The van der Waals surface area contributed by atoms with Gasteiger partial charge < -0.3 is 4.74 Å². The average molecular weight is 277 g/mol. The number of nitrogens with one attached hydrogen (secondary N) is 1. The summed E-state index contributed by atoms with van der Waals surface area (Å²) in [5.41, 5.74) is 3.59. The van der Waals surface area contributed by atoms with Crippen molar-refractivity contribution in [1.29, 1.82) is 0 Å². The van der Waals surface area contributed by atoms with Crippen LogP contribution in [0.1, 0.15) is 38.2 Å². The summed E-state index contributed by atoms with van der Waals surface area (Å²) in [4.78, 5) is 16.0. The van der Waals surface area contributed by atoms with Crippen LogP contribution in [0.4, 0.5) is 0 Å². The molecule has 0 unspecified atom stereocenters. The van der Waals surface area contributed by atoms with E-state index in [-0.39, 0.29) is 12.0 Å². The molecule has 0 aliphatic heterocycles. The van der Waals surface area contributed by atoms with Gasteiger partial charge in [-0.2, -0.15) is 0 Å². The fourth-order valence-electron chi connectivity index (χ4n) is 2.61. The molecule has 1 saturated carbocycles. The molecule has 2 atom stereocenters. The molecule has 0 aromatic heterocycles. The minimum atomic E-state index is -0.164. The Hall–Kier alpha value is -1.39. The molecule has 1 aliphatic rings. The maximum absolute atomic E-state index is 10.8. The molecule has 0 bridgehead atoms. The number of hydroxylamine groups is 1. The van der Waals surface area contributed by atoms with E-state index in [0.29, 0.717) is 19.1 Å². The lowest BCUT2D eigenvalue weighted by Crippen LogP contribution is -2.34. The average Bonchev–Trinajstić information content (AvgIpc) is 2.47. The molecule has 0 heterocycles. The van der Waals surface area contributed by atoms with Crippen LogP contribution in [0.25, 0.3) is 0 Å². The van der Waals surface area contributed by atoms with Gasteiger partial charge in [-0.3, -0.25) is 9.63 Å². The zero-order valence-corrected chi connectivity index (χ0v) is 12.0. The quantitative estimate of drug-likeness (QED) is 0.813. The molecule has 4 heteroatoms. The second kappa shape index (κ2) is 8.02. The minimum absolute atomic E-state index is 0.164. The Morgan fingerprint density at radius 3 is 2.75 bits per heavy atom. The summed E-state index contributed by atoms with van der Waals surface area (Å²) >= 11 is 0. The first kappa shape index (κ1) is 15.0. The lowest BCUT2D eigenvalue weighted by Gasteiger charge is -2.31. The largest absolute Gasteiger partial charge is 0.373 e. The Morgan fingerprint density at radius 2 is 2.00 bits per heavy atom. The van der Waals surface area contributed by atoms with Gasteiger partial charge in [-0.1, -0.05) is 43.2 Å². The molecule has 1 aromatic carbocycles. The highest BCUT2D eigenvalue weighted by Crippen LogP contribution is 2.27. The van der Waals surface area contributed by atoms with Crippen LogP contribution >= 0.6 is 0 Å². The van der Waals surface area contributed by atoms with Crippen LogP contribution < -0.4 is 5.48 Å². The molecule has 2 rings (SSSR count). The Labute approximate surface area is 120 Å². The van der Waals surface area contributed by atoms with Crippen LogP contribution in [-0.2, 0) is 21.0 Å². The topological polar surface area (TPSA) is 47.6 Å². The highest BCUT2D eigenvalue weighted by Gasteiger charge is 2.26. The number of benzene rings is 1. The van der Waals surface area contributed by atoms with Crippen molar-refractivity contribution in [2.45, 2.75) is 45.3 Å². The van der Waals surface area contributed by atoms with E-state index in [1.165, 1.54) is 25.3 Å². The second-order valence-electron chi connectivity index (χ2n) is 5.35. The predicted molar refractivity (Wildman–Crippen MR) is 76.7 cm³/mol. The normalized spacial score (nSPS) is 22.4. The standard InChI is InChI=1S/C16H23NO3/c1-13(18)17-20-12-15-9-5-6-10-16(15)19-11-14-7-3-2-4-8-14/h2-4,7-8,15-16H,5-6,9-12H2,1H3,(H,17,18)/t15-,16-/m1/s1. The number of hydrogen-bond donors (Lipinski definition) is 1. The van der Waals surface area contributed by atoms with Gasteiger partial charge in [0.2, 0.25) is 5.91 Å². The van der Waals surface area contributed by atoms with Crippen LogP contribution in [0.15, 0.2) is 30.3 Å². The van der Waals surface area contributed by atoms with E-state index >= 15 is 0 Å². The van der Waals surface area contributed by atoms with E-state index in [4.69, 9.17) is 9.57 Å². The third-order valence-corrected chi connectivity index (χ3v) is 3.66. The summed E-state index contributed by atoms with van der Waals surface area (Å²) in [6.45, 7) is 2.62. The molecule has 1 aromatic rings. The molecule has 20 heavy (non-hydrogen) atoms. The first-order chi connectivity index (χ1) is 9.75. The summed E-state index contributed by atoms with van der Waals surface area (Å²) in [5, 5.41) is 0. The van der Waals surface area contributed by atoms with Crippen LogP contribution in [0, 0.1) is 5.92 Å². The van der Waals surface area contributed by atoms with E-state index in [9.17, 15) is 4.79 Å². The van der Waals surface area contributed by atoms with E-state index in [0.717, 1.165) is 12.8 Å². The number of carbonyl (C=O) groups is 1. The van der Waals surface area contributed by atoms with Crippen LogP contribution in [0.3, 0.4) is 0 Å². The number of amides is 1. The van der Waals surface area contributed by atoms with Crippen molar-refractivity contribution in [3.05, 3.63) is 35.9 Å². The molecule has 0 saturated heterocycles. The number of carbonyl (C=O) groups excluding carboxylic acids is 1. The fourth-order valence-corrected chi connectivity index (χ4v) is 2.61. The van der Waals surface area contributed by atoms with Crippen molar-refractivity contribution in [1.82, 2.24) is 5.48 Å². The van der Waals surface area contributed by atoms with Gasteiger partial charge in [0.1, 0.15) is 0 Å². The first-order valence-electron chi connectivity index (χ1n) is 7.29. The monoisotopic (exact) mass is 277 g/mol. The van der Waals surface area contributed by atoms with Crippen molar-refractivity contribution >= 4 is 5.91 Å². The van der Waals surface area contributed by atoms with Gasteiger partial charge in [-0.05, 0) is 18.4 Å². The van der Waals surface area contributed by atoms with Crippen LogP contribution in [0.2, 0.25) is 0 Å². The number of hydrogen-bond acceptors (Lipinski definition) is 3. The third-order valence-electron chi connectivity index (χ3n) is 3.66. The van der Waals surface area contributed by atoms with E-state index < -0.39 is 0 Å². The van der Waals surface area contributed by atoms with E-state index in [1.54, 1.807) is 0 Å². The molecular formula is C16H23NO3. The Balaban J connectivity index is 1.79. The molecular weight excluding hydrogens is 254 g/mol. The fraction of sp³-hybridized carbons (Fsp3) is 0.562. The first-order valence-corrected chi connectivity index (χ1v) is 7.29. The van der Waals surface area contributed by atoms with Gasteiger partial charge in [-0.25, -0.2) is 5.48 Å². The number of rotatable bonds is 6. The molecule has 0 radical (unpaired) electrons. The van der Waals surface area contributed by atoms with Gasteiger partial charge in [0.25, 0.3) is 0 Å². The summed E-state index contributed by atoms with van der Waals surface area (Å²) in [6, 6.07) is 10.2. The van der Waals surface area contributed by atoms with Gasteiger partial charge in [0, 0.05) is 12.8 Å². The SMILES string of the molecule is CC(=O)NOC[C@H]1CCCC[C@H]1OCc1ccccc1. The maximum Gasteiger partial charge on any atom is 0.240 e. The van der Waals surface area contributed by atoms with Gasteiger partial charge in [0.15, 0.2) is 0 Å². The van der Waals surface area contributed by atoms with Crippen LogP contribution in [-0.4, -0.2) is 18.6 Å². The number of ether oxygens (including phenoxy) is 1. The predicted octanol–water partition coefficient (Wildman–Crippen LogP) is 2.83. The molecule has 1 N–H and O–H groups in total. The smallest absolute Gasteiger partial charge is 0.240 e. The highest BCUT2D eigenvalue weighted by atomic mass is 16.7. The van der Waals surface area contributed by atoms with E-state index in [1.807, 2.05) is 18.2 Å². The summed E-state index contributed by atoms with van der Waals surface area (Å²) in [5.74, 6) is 0.196. The zero-order chi connectivity index (χ0) is 14.2. The van der Waals surface area contributed by atoms with Crippen molar-refractivity contribution in [2.75, 3.05) is 6.61 Å². The highest BCUT2D eigenvalue weighted by molar-refractivity contribution is 5.71. The van der Waals surface area contributed by atoms with Gasteiger partial charge in [0.05, 0.1) is 19.3 Å². The van der Waals surface area contributed by atoms with Crippen molar-refractivity contribution in [2.24, 2.45) is 5.92 Å². The van der Waals surface area contributed by atoms with Crippen molar-refractivity contribution < 1.29 is 14.4 Å². The summed E-state index contributed by atoms with van der Waals surface area (Å²) in [7, 11) is 0. The summed E-state index contributed by atoms with van der Waals surface area (Å²) < 4.78 is 6.05. The molecule has 1 fully saturated rings. The Morgan fingerprint density at radius 1 is 1.25 bits per heavy atom.